The lowest BCUT2D eigenvalue weighted by Gasteiger charge is -2.52. The van der Waals surface area contributed by atoms with Gasteiger partial charge in [-0.3, -0.25) is 4.79 Å². The van der Waals surface area contributed by atoms with E-state index in [0.29, 0.717) is 5.71 Å². The zero-order valence-corrected chi connectivity index (χ0v) is 12.9. The van der Waals surface area contributed by atoms with E-state index in [4.69, 9.17) is 9.78 Å². The Bertz CT molecular complexity index is 790. The van der Waals surface area contributed by atoms with E-state index in [9.17, 15) is 4.79 Å². The predicted molar refractivity (Wildman–Crippen MR) is 84.4 cm³/mol. The second-order valence-electron chi connectivity index (χ2n) is 5.85. The van der Waals surface area contributed by atoms with Crippen molar-refractivity contribution in [3.8, 4) is 0 Å². The van der Waals surface area contributed by atoms with E-state index in [0.717, 1.165) is 11.1 Å². The van der Waals surface area contributed by atoms with E-state index in [1.807, 2.05) is 60.7 Å². The Morgan fingerprint density at radius 1 is 0.957 bits per heavy atom. The maximum Gasteiger partial charge on any atom is 0.283 e. The van der Waals surface area contributed by atoms with E-state index in [-0.39, 0.29) is 5.91 Å². The number of hydrogen-bond acceptors (Lipinski definition) is 4. The Balaban J connectivity index is 2.01. The minimum atomic E-state index is -1.35. The van der Waals surface area contributed by atoms with Crippen LogP contribution in [0.4, 0.5) is 0 Å². The molecule has 0 radical (unpaired) electrons. The standard InChI is InChI=1S/C18H16N2O3/c1-17-16(21)20(2)18(23-22-17,14-11-7-4-8-12-14)15(19-17)13-9-5-3-6-10-13/h3-12H,1-2H3/t17-,18-/m0/s1. The number of nitrogens with zero attached hydrogens (tertiary/aromatic N) is 2. The third kappa shape index (κ3) is 1.81. The minimum absolute atomic E-state index is 0.229. The first-order valence-corrected chi connectivity index (χ1v) is 7.44. The SMILES string of the molecule is CN1C(=O)[C@@]2(C)N=C(c3ccccc3)[C@]1(c1ccccc1)OO2. The quantitative estimate of drug-likeness (QED) is 0.801. The van der Waals surface area contributed by atoms with Crippen LogP contribution in [0.15, 0.2) is 65.7 Å². The summed E-state index contributed by atoms with van der Waals surface area (Å²) < 4.78 is 0. The van der Waals surface area contributed by atoms with Gasteiger partial charge in [0.1, 0.15) is 5.71 Å². The fraction of sp³-hybridized carbons (Fsp3) is 0.222. The lowest BCUT2D eigenvalue weighted by Crippen LogP contribution is -2.69. The van der Waals surface area contributed by atoms with Gasteiger partial charge in [-0.25, -0.2) is 4.99 Å². The zero-order chi connectivity index (χ0) is 16.1. The molecule has 5 heteroatoms. The lowest BCUT2D eigenvalue weighted by atomic mass is 9.87. The second-order valence-corrected chi connectivity index (χ2v) is 5.85. The molecule has 0 aromatic heterocycles. The van der Waals surface area contributed by atoms with E-state index < -0.39 is 11.4 Å². The third-order valence-electron chi connectivity index (χ3n) is 4.36. The van der Waals surface area contributed by atoms with E-state index >= 15 is 0 Å². The van der Waals surface area contributed by atoms with Gasteiger partial charge in [0.2, 0.25) is 5.72 Å². The normalized spacial score (nSPS) is 29.6. The number of rotatable bonds is 2. The first kappa shape index (κ1) is 14.1. The fourth-order valence-electron chi connectivity index (χ4n) is 3.14. The van der Waals surface area contributed by atoms with Gasteiger partial charge in [0.05, 0.1) is 0 Å². The van der Waals surface area contributed by atoms with Crippen molar-refractivity contribution in [2.75, 3.05) is 7.05 Å². The molecule has 0 unspecified atom stereocenters. The van der Waals surface area contributed by atoms with Gasteiger partial charge in [0, 0.05) is 18.2 Å². The molecule has 1 saturated heterocycles. The number of likely N-dealkylation sites (N-methyl/N-ethyl adjacent to an activating group) is 1. The van der Waals surface area contributed by atoms with Gasteiger partial charge in [0.15, 0.2) is 0 Å². The van der Waals surface area contributed by atoms with Gasteiger partial charge in [0.25, 0.3) is 11.6 Å². The summed E-state index contributed by atoms with van der Waals surface area (Å²) in [6.45, 7) is 1.61. The van der Waals surface area contributed by atoms with E-state index in [2.05, 4.69) is 4.99 Å². The van der Waals surface area contributed by atoms with Crippen LogP contribution in [0, 0.1) is 0 Å². The van der Waals surface area contributed by atoms with Crippen molar-refractivity contribution in [1.82, 2.24) is 4.90 Å². The van der Waals surface area contributed by atoms with Crippen molar-refractivity contribution in [2.45, 2.75) is 18.4 Å². The summed E-state index contributed by atoms with van der Waals surface area (Å²) in [5, 5.41) is 0. The molecule has 0 aliphatic carbocycles. The highest BCUT2D eigenvalue weighted by Crippen LogP contribution is 2.45. The molecule has 2 aromatic rings. The number of benzene rings is 2. The highest BCUT2D eigenvalue weighted by atomic mass is 17.2. The van der Waals surface area contributed by atoms with Crippen LogP contribution in [0.2, 0.25) is 0 Å². The predicted octanol–water partition coefficient (Wildman–Crippen LogP) is 2.48. The number of amides is 1. The van der Waals surface area contributed by atoms with E-state index in [1.165, 1.54) is 0 Å². The first-order chi connectivity index (χ1) is 11.1. The Kier molecular flexibility index (Phi) is 2.91. The molecule has 0 saturated carbocycles. The molecule has 3 aliphatic rings. The number of carbonyl (C=O) groups excluding carboxylic acids is 1. The van der Waals surface area contributed by atoms with Crippen LogP contribution < -0.4 is 0 Å². The maximum atomic E-state index is 12.7. The van der Waals surface area contributed by atoms with Gasteiger partial charge in [-0.2, -0.15) is 9.78 Å². The van der Waals surface area contributed by atoms with Gasteiger partial charge >= 0.3 is 0 Å². The van der Waals surface area contributed by atoms with Crippen molar-refractivity contribution in [3.05, 3.63) is 71.8 Å². The van der Waals surface area contributed by atoms with E-state index in [1.54, 1.807) is 18.9 Å². The van der Waals surface area contributed by atoms with Crippen molar-refractivity contribution >= 4 is 11.6 Å². The second kappa shape index (κ2) is 4.75. The number of fused-ring (bicyclic) bond motifs is 2. The third-order valence-corrected chi connectivity index (χ3v) is 4.36. The van der Waals surface area contributed by atoms with Gasteiger partial charge in [-0.1, -0.05) is 60.7 Å². The monoisotopic (exact) mass is 308 g/mol. The molecule has 2 atom stereocenters. The molecule has 0 N–H and O–H groups in total. The first-order valence-electron chi connectivity index (χ1n) is 7.44. The van der Waals surface area contributed by atoms with Gasteiger partial charge in [-0.15, -0.1) is 0 Å². The summed E-state index contributed by atoms with van der Waals surface area (Å²) in [7, 11) is 1.72. The molecule has 23 heavy (non-hydrogen) atoms. The number of carbonyl (C=O) groups is 1. The van der Waals surface area contributed by atoms with Crippen LogP contribution >= 0.6 is 0 Å². The summed E-state index contributed by atoms with van der Waals surface area (Å²) in [5.74, 6) is -0.229. The van der Waals surface area contributed by atoms with Crippen molar-refractivity contribution in [3.63, 3.8) is 0 Å². The highest BCUT2D eigenvalue weighted by Gasteiger charge is 2.62. The molecule has 3 heterocycles. The molecule has 2 aromatic carbocycles. The van der Waals surface area contributed by atoms with Crippen LogP contribution in [0.25, 0.3) is 0 Å². The Morgan fingerprint density at radius 3 is 2.22 bits per heavy atom. The Labute approximate surface area is 134 Å². The molecule has 5 nitrogen and oxygen atoms in total. The summed E-state index contributed by atoms with van der Waals surface area (Å²) in [6.07, 6.45) is 0. The molecular formula is C18H16N2O3. The molecule has 116 valence electrons. The highest BCUT2D eigenvalue weighted by molar-refractivity contribution is 6.12. The Morgan fingerprint density at radius 2 is 1.57 bits per heavy atom. The summed E-state index contributed by atoms with van der Waals surface area (Å²) in [4.78, 5) is 30.0. The molecule has 1 fully saturated rings. The molecular weight excluding hydrogens is 292 g/mol. The zero-order valence-electron chi connectivity index (χ0n) is 12.9. The molecule has 3 aliphatic heterocycles. The summed E-state index contributed by atoms with van der Waals surface area (Å²) in [6, 6.07) is 19.2. The van der Waals surface area contributed by atoms with Gasteiger partial charge < -0.3 is 4.90 Å². The van der Waals surface area contributed by atoms with Crippen LogP contribution in [-0.4, -0.2) is 29.3 Å². The lowest BCUT2D eigenvalue weighted by molar-refractivity contribution is -0.441. The summed E-state index contributed by atoms with van der Waals surface area (Å²) in [5.41, 5.74) is -0.181. The minimum Gasteiger partial charge on any atom is -0.302 e. The number of hydrogen-bond donors (Lipinski definition) is 0. The van der Waals surface area contributed by atoms with Crippen molar-refractivity contribution < 1.29 is 14.6 Å². The van der Waals surface area contributed by atoms with Crippen LogP contribution in [-0.2, 0) is 20.3 Å². The molecule has 0 spiro atoms. The van der Waals surface area contributed by atoms with Crippen LogP contribution in [0.1, 0.15) is 18.1 Å². The molecule has 2 bridgehead atoms. The average Bonchev–Trinajstić information content (AvgIpc) is 2.61. The largest absolute Gasteiger partial charge is 0.302 e. The van der Waals surface area contributed by atoms with Crippen molar-refractivity contribution in [2.24, 2.45) is 4.99 Å². The van der Waals surface area contributed by atoms with Crippen molar-refractivity contribution in [1.29, 1.82) is 0 Å². The molecule has 5 rings (SSSR count). The Hall–Kier alpha value is -2.50. The fourth-order valence-corrected chi connectivity index (χ4v) is 3.14. The smallest absolute Gasteiger partial charge is 0.283 e. The molecule has 1 amide bonds. The van der Waals surface area contributed by atoms with Crippen LogP contribution in [0.3, 0.4) is 0 Å². The topological polar surface area (TPSA) is 51.1 Å². The maximum absolute atomic E-state index is 12.7. The van der Waals surface area contributed by atoms with Gasteiger partial charge in [-0.05, 0) is 6.92 Å². The average molecular weight is 308 g/mol. The summed E-state index contributed by atoms with van der Waals surface area (Å²) >= 11 is 0. The van der Waals surface area contributed by atoms with Crippen LogP contribution in [0.5, 0.6) is 0 Å². The number of aliphatic imine (C=N–C) groups is 1.